The first kappa shape index (κ1) is 8.43. The first-order chi connectivity index (χ1) is 6.86. The SMILES string of the molecule is O=C(Oc1cccnc1)n1cccn1. The lowest BCUT2D eigenvalue weighted by Crippen LogP contribution is -2.16. The van der Waals surface area contributed by atoms with Gasteiger partial charge in [0.05, 0.1) is 6.20 Å². The highest BCUT2D eigenvalue weighted by atomic mass is 16.6. The van der Waals surface area contributed by atoms with Crippen LogP contribution < -0.4 is 4.74 Å². The Kier molecular flexibility index (Phi) is 2.22. The van der Waals surface area contributed by atoms with E-state index in [2.05, 4.69) is 10.1 Å². The molecular weight excluding hydrogens is 182 g/mol. The molecule has 14 heavy (non-hydrogen) atoms. The molecule has 0 bridgehead atoms. The van der Waals surface area contributed by atoms with Gasteiger partial charge in [0.25, 0.3) is 0 Å². The maximum Gasteiger partial charge on any atom is 0.440 e. The molecule has 2 rings (SSSR count). The molecule has 0 aliphatic rings. The molecule has 0 saturated carbocycles. The minimum absolute atomic E-state index is 0.396. The third-order valence-electron chi connectivity index (χ3n) is 1.53. The zero-order valence-corrected chi connectivity index (χ0v) is 7.20. The molecule has 2 aromatic heterocycles. The number of aromatic nitrogens is 3. The Hall–Kier alpha value is -2.17. The van der Waals surface area contributed by atoms with Gasteiger partial charge in [-0.25, -0.2) is 4.79 Å². The van der Waals surface area contributed by atoms with E-state index in [9.17, 15) is 4.79 Å². The Bertz CT molecular complexity index is 411. The van der Waals surface area contributed by atoms with Gasteiger partial charge in [0, 0.05) is 18.6 Å². The van der Waals surface area contributed by atoms with Gasteiger partial charge in [-0.15, -0.1) is 0 Å². The smallest absolute Gasteiger partial charge is 0.407 e. The highest BCUT2D eigenvalue weighted by molar-refractivity contribution is 5.71. The Morgan fingerprint density at radius 2 is 2.29 bits per heavy atom. The van der Waals surface area contributed by atoms with Crippen LogP contribution in [0.3, 0.4) is 0 Å². The number of carbonyl (C=O) groups is 1. The van der Waals surface area contributed by atoms with Crippen LogP contribution in [-0.2, 0) is 0 Å². The van der Waals surface area contributed by atoms with E-state index in [4.69, 9.17) is 4.74 Å². The molecule has 0 unspecified atom stereocenters. The summed E-state index contributed by atoms with van der Waals surface area (Å²) in [6.07, 6.45) is 5.53. The van der Waals surface area contributed by atoms with Gasteiger partial charge in [0.15, 0.2) is 5.75 Å². The van der Waals surface area contributed by atoms with Gasteiger partial charge in [-0.2, -0.15) is 9.78 Å². The summed E-state index contributed by atoms with van der Waals surface area (Å²) in [6.45, 7) is 0. The van der Waals surface area contributed by atoms with E-state index in [1.807, 2.05) is 0 Å². The Labute approximate surface area is 80.0 Å². The van der Waals surface area contributed by atoms with Crippen molar-refractivity contribution in [3.63, 3.8) is 0 Å². The van der Waals surface area contributed by atoms with Crippen molar-refractivity contribution in [2.24, 2.45) is 0 Å². The van der Waals surface area contributed by atoms with Crippen molar-refractivity contribution >= 4 is 6.09 Å². The second kappa shape index (κ2) is 3.69. The summed E-state index contributed by atoms with van der Waals surface area (Å²) in [7, 11) is 0. The highest BCUT2D eigenvalue weighted by Gasteiger charge is 2.06. The molecule has 0 amide bonds. The zero-order valence-electron chi connectivity index (χ0n) is 7.20. The normalized spacial score (nSPS) is 9.71. The molecule has 0 fully saturated rings. The number of hydrogen-bond donors (Lipinski definition) is 0. The first-order valence-electron chi connectivity index (χ1n) is 3.98. The first-order valence-corrected chi connectivity index (χ1v) is 3.98. The Morgan fingerprint density at radius 1 is 1.36 bits per heavy atom. The molecule has 2 aromatic rings. The minimum atomic E-state index is -0.553. The fourth-order valence-corrected chi connectivity index (χ4v) is 0.932. The van der Waals surface area contributed by atoms with Crippen LogP contribution in [0.15, 0.2) is 43.0 Å². The quantitative estimate of drug-likeness (QED) is 0.678. The van der Waals surface area contributed by atoms with Gasteiger partial charge >= 0.3 is 6.09 Å². The van der Waals surface area contributed by atoms with Crippen LogP contribution >= 0.6 is 0 Å². The molecule has 5 nitrogen and oxygen atoms in total. The number of rotatable bonds is 1. The van der Waals surface area contributed by atoms with Crippen molar-refractivity contribution < 1.29 is 9.53 Å². The molecule has 0 aliphatic heterocycles. The number of carbonyl (C=O) groups excluding carboxylic acids is 1. The van der Waals surface area contributed by atoms with Crippen molar-refractivity contribution in [2.45, 2.75) is 0 Å². The molecule has 0 radical (unpaired) electrons. The molecule has 70 valence electrons. The summed E-state index contributed by atoms with van der Waals surface area (Å²) in [6, 6.07) is 4.98. The second-order valence-corrected chi connectivity index (χ2v) is 2.51. The molecule has 5 heteroatoms. The summed E-state index contributed by atoms with van der Waals surface area (Å²) < 4.78 is 6.06. The maximum absolute atomic E-state index is 11.3. The van der Waals surface area contributed by atoms with Crippen LogP contribution in [0, 0.1) is 0 Å². The number of nitrogens with zero attached hydrogens (tertiary/aromatic N) is 3. The monoisotopic (exact) mass is 189 g/mol. The van der Waals surface area contributed by atoms with E-state index >= 15 is 0 Å². The fraction of sp³-hybridized carbons (Fsp3) is 0. The van der Waals surface area contributed by atoms with Crippen LogP contribution in [0.1, 0.15) is 0 Å². The average molecular weight is 189 g/mol. The van der Waals surface area contributed by atoms with Crippen LogP contribution in [0.4, 0.5) is 4.79 Å². The van der Waals surface area contributed by atoms with E-state index in [-0.39, 0.29) is 0 Å². The lowest BCUT2D eigenvalue weighted by molar-refractivity contribution is 0.198. The van der Waals surface area contributed by atoms with Crippen LogP contribution in [0.5, 0.6) is 5.75 Å². The predicted octanol–water partition coefficient (Wildman–Crippen LogP) is 1.33. The second-order valence-electron chi connectivity index (χ2n) is 2.51. The molecule has 2 heterocycles. The van der Waals surface area contributed by atoms with E-state index in [1.54, 1.807) is 24.4 Å². The lowest BCUT2D eigenvalue weighted by atomic mass is 10.5. The summed E-state index contributed by atoms with van der Waals surface area (Å²) in [4.78, 5) is 15.1. The van der Waals surface area contributed by atoms with Gasteiger partial charge in [0.1, 0.15) is 0 Å². The van der Waals surface area contributed by atoms with Gasteiger partial charge in [-0.1, -0.05) is 0 Å². The number of ether oxygens (including phenoxy) is 1. The molecule has 0 atom stereocenters. The molecule has 0 aliphatic carbocycles. The molecule has 0 aromatic carbocycles. The minimum Gasteiger partial charge on any atom is -0.407 e. The fourth-order valence-electron chi connectivity index (χ4n) is 0.932. The molecule has 0 saturated heterocycles. The average Bonchev–Trinajstić information content (AvgIpc) is 2.72. The Balaban J connectivity index is 2.10. The maximum atomic E-state index is 11.3. The third-order valence-corrected chi connectivity index (χ3v) is 1.53. The predicted molar refractivity (Wildman–Crippen MR) is 47.9 cm³/mol. The van der Waals surface area contributed by atoms with E-state index in [0.717, 1.165) is 4.68 Å². The van der Waals surface area contributed by atoms with Gasteiger partial charge < -0.3 is 4.74 Å². The van der Waals surface area contributed by atoms with Crippen molar-refractivity contribution in [2.75, 3.05) is 0 Å². The van der Waals surface area contributed by atoms with Crippen molar-refractivity contribution in [3.05, 3.63) is 43.0 Å². The molecular formula is C9H7N3O2. The van der Waals surface area contributed by atoms with Crippen LogP contribution in [0.25, 0.3) is 0 Å². The van der Waals surface area contributed by atoms with Gasteiger partial charge in [-0.3, -0.25) is 4.98 Å². The Morgan fingerprint density at radius 3 is 2.93 bits per heavy atom. The summed E-state index contributed by atoms with van der Waals surface area (Å²) in [5.41, 5.74) is 0. The summed E-state index contributed by atoms with van der Waals surface area (Å²) >= 11 is 0. The number of pyridine rings is 1. The van der Waals surface area contributed by atoms with Crippen molar-refractivity contribution in [1.29, 1.82) is 0 Å². The van der Waals surface area contributed by atoms with Crippen molar-refractivity contribution in [3.8, 4) is 5.75 Å². The summed E-state index contributed by atoms with van der Waals surface area (Å²) in [5, 5.41) is 3.73. The zero-order chi connectivity index (χ0) is 9.80. The van der Waals surface area contributed by atoms with Gasteiger partial charge in [-0.05, 0) is 18.2 Å². The topological polar surface area (TPSA) is 57.0 Å². The largest absolute Gasteiger partial charge is 0.440 e. The molecule has 0 N–H and O–H groups in total. The molecule has 0 spiro atoms. The van der Waals surface area contributed by atoms with Crippen LogP contribution in [-0.4, -0.2) is 20.9 Å². The van der Waals surface area contributed by atoms with E-state index in [1.165, 1.54) is 18.6 Å². The summed E-state index contributed by atoms with van der Waals surface area (Å²) in [5.74, 6) is 0.396. The number of hydrogen-bond acceptors (Lipinski definition) is 4. The highest BCUT2D eigenvalue weighted by Crippen LogP contribution is 2.06. The van der Waals surface area contributed by atoms with E-state index in [0.29, 0.717) is 5.75 Å². The van der Waals surface area contributed by atoms with Crippen LogP contribution in [0.2, 0.25) is 0 Å². The van der Waals surface area contributed by atoms with Gasteiger partial charge in [0.2, 0.25) is 0 Å². The third kappa shape index (κ3) is 1.77. The standard InChI is InChI=1S/C9H7N3O2/c13-9(12-6-2-5-11-12)14-8-3-1-4-10-7-8/h1-7H. The van der Waals surface area contributed by atoms with E-state index < -0.39 is 6.09 Å². The lowest BCUT2D eigenvalue weighted by Gasteiger charge is -2.01. The van der Waals surface area contributed by atoms with Crippen molar-refractivity contribution in [1.82, 2.24) is 14.8 Å².